The average Bonchev–Trinajstić information content (AvgIpc) is 3.10. The van der Waals surface area contributed by atoms with Crippen LogP contribution < -0.4 is 0 Å². The summed E-state index contributed by atoms with van der Waals surface area (Å²) in [6, 6.07) is 14.7. The lowest BCUT2D eigenvalue weighted by atomic mass is 10.1. The molecule has 0 spiro atoms. The molecule has 2 aliphatic heterocycles. The van der Waals surface area contributed by atoms with Gasteiger partial charge in [0.1, 0.15) is 18.2 Å². The van der Waals surface area contributed by atoms with E-state index in [1.807, 2.05) is 19.3 Å². The highest BCUT2D eigenvalue weighted by Crippen LogP contribution is 2.43. The van der Waals surface area contributed by atoms with Crippen LogP contribution in [0.3, 0.4) is 0 Å². The first kappa shape index (κ1) is 20.5. The highest BCUT2D eigenvalue weighted by Gasteiger charge is 2.22. The molecule has 5 heteroatoms. The molecule has 1 aromatic rings. The molecule has 0 atom stereocenters. The van der Waals surface area contributed by atoms with Crippen molar-refractivity contribution in [1.82, 2.24) is 9.55 Å². The first-order valence-corrected chi connectivity index (χ1v) is 11.0. The fraction of sp³-hybridized carbons (Fsp3) is 0.240. The molecule has 0 unspecified atom stereocenters. The van der Waals surface area contributed by atoms with Crippen LogP contribution >= 0.6 is 11.8 Å². The van der Waals surface area contributed by atoms with Gasteiger partial charge in [0.15, 0.2) is 0 Å². The van der Waals surface area contributed by atoms with E-state index in [4.69, 9.17) is 14.5 Å². The molecule has 0 fully saturated rings. The summed E-state index contributed by atoms with van der Waals surface area (Å²) in [5.41, 5.74) is 3.27. The van der Waals surface area contributed by atoms with Gasteiger partial charge < -0.3 is 14.0 Å². The zero-order valence-corrected chi connectivity index (χ0v) is 18.2. The maximum atomic E-state index is 5.94. The van der Waals surface area contributed by atoms with Gasteiger partial charge in [-0.1, -0.05) is 42.1 Å². The zero-order chi connectivity index (χ0) is 20.8. The third-order valence-electron chi connectivity index (χ3n) is 4.90. The minimum Gasteiger partial charge on any atom is -0.491 e. The molecular formula is C25H26N2O2S. The van der Waals surface area contributed by atoms with Crippen LogP contribution in [0, 0.1) is 0 Å². The Kier molecular flexibility index (Phi) is 6.72. The van der Waals surface area contributed by atoms with Crippen molar-refractivity contribution in [2.45, 2.75) is 22.6 Å². The number of ether oxygens (including phenoxy) is 2. The fourth-order valence-corrected chi connectivity index (χ4v) is 4.46. The average molecular weight is 419 g/mol. The fourth-order valence-electron chi connectivity index (χ4n) is 3.40. The van der Waals surface area contributed by atoms with E-state index in [1.165, 1.54) is 9.79 Å². The van der Waals surface area contributed by atoms with Crippen molar-refractivity contribution < 1.29 is 9.47 Å². The molecule has 0 saturated carbocycles. The van der Waals surface area contributed by atoms with Crippen LogP contribution in [0.4, 0.5) is 0 Å². The molecule has 0 amide bonds. The van der Waals surface area contributed by atoms with Gasteiger partial charge in [-0.3, -0.25) is 0 Å². The van der Waals surface area contributed by atoms with Crippen molar-refractivity contribution >= 4 is 17.3 Å². The molecule has 0 radical (unpaired) electrons. The minimum atomic E-state index is 0.525. The Hall–Kier alpha value is -2.76. The van der Waals surface area contributed by atoms with Crippen molar-refractivity contribution in [2.24, 2.45) is 7.05 Å². The van der Waals surface area contributed by atoms with Crippen molar-refractivity contribution in [3.63, 3.8) is 0 Å². The topological polar surface area (TPSA) is 36.3 Å². The van der Waals surface area contributed by atoms with Gasteiger partial charge in [0.05, 0.1) is 12.3 Å². The maximum Gasteiger partial charge on any atom is 0.141 e. The molecule has 0 N–H and O–H groups in total. The Morgan fingerprint density at radius 2 is 1.93 bits per heavy atom. The number of aromatic nitrogens is 2. The molecule has 30 heavy (non-hydrogen) atoms. The molecule has 1 aliphatic carbocycles. The predicted molar refractivity (Wildman–Crippen MR) is 123 cm³/mol. The molecule has 1 aromatic carbocycles. The second-order valence-corrected chi connectivity index (χ2v) is 8.17. The van der Waals surface area contributed by atoms with Crippen molar-refractivity contribution in [3.8, 4) is 11.4 Å². The van der Waals surface area contributed by atoms with Gasteiger partial charge in [0.25, 0.3) is 0 Å². The minimum absolute atomic E-state index is 0.525. The number of benzene rings is 1. The van der Waals surface area contributed by atoms with Gasteiger partial charge >= 0.3 is 0 Å². The molecule has 0 aromatic heterocycles. The van der Waals surface area contributed by atoms with Gasteiger partial charge in [0, 0.05) is 41.3 Å². The lowest BCUT2D eigenvalue weighted by Crippen LogP contribution is -2.01. The van der Waals surface area contributed by atoms with E-state index in [0.717, 1.165) is 41.3 Å². The quantitative estimate of drug-likeness (QED) is 0.444. The van der Waals surface area contributed by atoms with Crippen LogP contribution in [-0.2, 0) is 16.5 Å². The summed E-state index contributed by atoms with van der Waals surface area (Å²) in [7, 11) is 3.73. The first-order valence-electron chi connectivity index (χ1n) is 10.1. The van der Waals surface area contributed by atoms with Gasteiger partial charge in [-0.25, -0.2) is 4.98 Å². The van der Waals surface area contributed by atoms with Gasteiger partial charge in [-0.15, -0.1) is 0 Å². The summed E-state index contributed by atoms with van der Waals surface area (Å²) < 4.78 is 13.1. The summed E-state index contributed by atoms with van der Waals surface area (Å²) in [6.07, 6.45) is 12.6. The second-order valence-electron chi connectivity index (χ2n) is 7.09. The predicted octanol–water partition coefficient (Wildman–Crippen LogP) is 5.96. The van der Waals surface area contributed by atoms with Gasteiger partial charge in [-0.2, -0.15) is 0 Å². The number of hydrogen-bond donors (Lipinski definition) is 0. The van der Waals surface area contributed by atoms with E-state index in [9.17, 15) is 0 Å². The van der Waals surface area contributed by atoms with E-state index in [0.29, 0.717) is 13.2 Å². The van der Waals surface area contributed by atoms with E-state index in [2.05, 4.69) is 65.3 Å². The summed E-state index contributed by atoms with van der Waals surface area (Å²) in [4.78, 5) is 7.44. The number of methoxy groups -OCH3 is 1. The third kappa shape index (κ3) is 4.69. The van der Waals surface area contributed by atoms with Gasteiger partial charge in [-0.05, 0) is 49.3 Å². The number of aryl methyl sites for hydroxylation is 1. The first-order chi connectivity index (χ1) is 14.8. The standard InChI is InChI=1S/C25H26N2O2S/c1-27-15-9-14-22-24(30-21-12-7-4-8-13-21)23(26-25(22)27)19-10-5-3-6-11-20(18-19)29-17-16-28-2/h4,6-15,18H,3,5,16-17H2,1-2H3/b11-6+,19-10+,20-18+. The number of pyridine rings is 1. The van der Waals surface area contributed by atoms with Crippen LogP contribution in [0.2, 0.25) is 0 Å². The Morgan fingerprint density at radius 3 is 2.77 bits per heavy atom. The monoisotopic (exact) mass is 418 g/mol. The Labute approximate surface area is 182 Å². The summed E-state index contributed by atoms with van der Waals surface area (Å²) in [5, 5.41) is 0. The van der Waals surface area contributed by atoms with Crippen LogP contribution in [-0.4, -0.2) is 29.9 Å². The van der Waals surface area contributed by atoms with E-state index < -0.39 is 0 Å². The molecule has 2 heterocycles. The van der Waals surface area contributed by atoms with Crippen LogP contribution in [0.5, 0.6) is 0 Å². The van der Waals surface area contributed by atoms with Crippen molar-refractivity contribution in [2.75, 3.05) is 20.3 Å². The van der Waals surface area contributed by atoms with Crippen molar-refractivity contribution in [3.05, 3.63) is 84.4 Å². The highest BCUT2D eigenvalue weighted by molar-refractivity contribution is 7.99. The van der Waals surface area contributed by atoms with Crippen LogP contribution in [0.15, 0.2) is 88.5 Å². The number of rotatable bonds is 7. The highest BCUT2D eigenvalue weighted by atomic mass is 32.2. The molecule has 154 valence electrons. The Bertz CT molecular complexity index is 1050. The zero-order valence-electron chi connectivity index (χ0n) is 17.4. The van der Waals surface area contributed by atoms with Crippen LogP contribution in [0.25, 0.3) is 17.0 Å². The Morgan fingerprint density at radius 1 is 1.07 bits per heavy atom. The molecular weight excluding hydrogens is 392 g/mol. The number of hydrogen-bond acceptors (Lipinski definition) is 4. The number of allylic oxidation sites excluding steroid dienone is 5. The number of fused-ring (bicyclic) bond motifs is 1. The van der Waals surface area contributed by atoms with Crippen LogP contribution in [0.1, 0.15) is 18.5 Å². The molecule has 0 saturated heterocycles. The third-order valence-corrected chi connectivity index (χ3v) is 6.02. The van der Waals surface area contributed by atoms with Gasteiger partial charge in [0.2, 0.25) is 0 Å². The Balaban J connectivity index is 1.79. The van der Waals surface area contributed by atoms with E-state index >= 15 is 0 Å². The molecule has 4 nitrogen and oxygen atoms in total. The SMILES string of the molecule is COCCOC1=C/C(c2nc3n(C)cccc-3c2Sc2ccccc2)=C\CC\C=C\1. The molecule has 0 bridgehead atoms. The normalized spacial score (nSPS) is 18.7. The second kappa shape index (κ2) is 9.83. The number of nitrogens with zero attached hydrogens (tertiary/aromatic N) is 2. The maximum absolute atomic E-state index is 5.94. The van der Waals surface area contributed by atoms with E-state index in [1.54, 1.807) is 18.9 Å². The van der Waals surface area contributed by atoms with E-state index in [-0.39, 0.29) is 0 Å². The lowest BCUT2D eigenvalue weighted by Gasteiger charge is -2.11. The largest absolute Gasteiger partial charge is 0.491 e. The molecule has 3 aliphatic rings. The van der Waals surface area contributed by atoms with Crippen molar-refractivity contribution in [1.29, 1.82) is 0 Å². The summed E-state index contributed by atoms with van der Waals surface area (Å²) in [6.45, 7) is 1.09. The summed E-state index contributed by atoms with van der Waals surface area (Å²) >= 11 is 1.76. The summed E-state index contributed by atoms with van der Waals surface area (Å²) in [5.74, 6) is 1.82. The smallest absolute Gasteiger partial charge is 0.141 e. The molecule has 4 rings (SSSR count). The lowest BCUT2D eigenvalue weighted by molar-refractivity contribution is 0.114.